The Hall–Kier alpha value is -1.81. The summed E-state index contributed by atoms with van der Waals surface area (Å²) >= 11 is 3.41. The molecule has 21 heavy (non-hydrogen) atoms. The van der Waals surface area contributed by atoms with E-state index in [0.717, 1.165) is 15.7 Å². The second-order valence-corrected chi connectivity index (χ2v) is 5.66. The first-order valence-corrected chi connectivity index (χ1v) is 7.59. The van der Waals surface area contributed by atoms with E-state index in [2.05, 4.69) is 21.2 Å². The minimum atomic E-state index is -0.885. The van der Waals surface area contributed by atoms with Crippen LogP contribution < -0.4 is 5.32 Å². The normalized spacial score (nSPS) is 13.3. The number of esters is 1. The fourth-order valence-electron chi connectivity index (χ4n) is 2.35. The summed E-state index contributed by atoms with van der Waals surface area (Å²) in [6.07, 6.45) is 0.583. The zero-order valence-corrected chi connectivity index (χ0v) is 13.7. The van der Waals surface area contributed by atoms with Crippen LogP contribution in [0.2, 0.25) is 0 Å². The van der Waals surface area contributed by atoms with Gasteiger partial charge in [-0.25, -0.2) is 4.79 Å². The quantitative estimate of drug-likeness (QED) is 0.817. The van der Waals surface area contributed by atoms with Crippen molar-refractivity contribution in [2.75, 3.05) is 12.4 Å². The minimum absolute atomic E-state index is 0.292. The second kappa shape index (κ2) is 6.76. The molecule has 0 aliphatic carbocycles. The molecule has 1 N–H and O–H groups in total. The number of nitrogens with one attached hydrogen (secondary N) is 1. The topological polar surface area (TPSA) is 38.3 Å². The summed E-state index contributed by atoms with van der Waals surface area (Å²) in [5.41, 5.74) is 0.876. The summed E-state index contributed by atoms with van der Waals surface area (Å²) in [6.45, 7) is 1.97. The monoisotopic (exact) mass is 347 g/mol. The molecule has 2 rings (SSSR count). The Balaban J connectivity index is 2.45. The highest BCUT2D eigenvalue weighted by Gasteiger charge is 2.39. The molecular weight excluding hydrogens is 330 g/mol. The summed E-state index contributed by atoms with van der Waals surface area (Å²) in [6, 6.07) is 17.4. The number of hydrogen-bond acceptors (Lipinski definition) is 3. The van der Waals surface area contributed by atoms with Gasteiger partial charge in [-0.3, -0.25) is 0 Å². The maximum absolute atomic E-state index is 12.4. The van der Waals surface area contributed by atoms with Crippen LogP contribution in [0.5, 0.6) is 0 Å². The molecule has 0 radical (unpaired) electrons. The Morgan fingerprint density at radius 1 is 1.14 bits per heavy atom. The molecule has 0 saturated heterocycles. The van der Waals surface area contributed by atoms with Crippen LogP contribution in [0, 0.1) is 0 Å². The number of carbonyl (C=O) groups excluding carboxylic acids is 1. The molecule has 110 valence electrons. The molecule has 0 bridgehead atoms. The van der Waals surface area contributed by atoms with Gasteiger partial charge in [-0.2, -0.15) is 0 Å². The van der Waals surface area contributed by atoms with Crippen molar-refractivity contribution >= 4 is 27.6 Å². The number of ether oxygens (including phenoxy) is 1. The zero-order valence-electron chi connectivity index (χ0n) is 12.1. The lowest BCUT2D eigenvalue weighted by Gasteiger charge is -2.32. The van der Waals surface area contributed by atoms with E-state index in [1.165, 1.54) is 7.11 Å². The van der Waals surface area contributed by atoms with E-state index in [9.17, 15) is 4.79 Å². The van der Waals surface area contributed by atoms with Gasteiger partial charge in [0.05, 0.1) is 7.11 Å². The van der Waals surface area contributed by atoms with Gasteiger partial charge in [0, 0.05) is 10.2 Å². The Morgan fingerprint density at radius 2 is 1.76 bits per heavy atom. The van der Waals surface area contributed by atoms with Crippen molar-refractivity contribution in [3.05, 3.63) is 64.6 Å². The lowest BCUT2D eigenvalue weighted by atomic mass is 9.86. The highest BCUT2D eigenvalue weighted by Crippen LogP contribution is 2.31. The van der Waals surface area contributed by atoms with Gasteiger partial charge in [0.2, 0.25) is 0 Å². The van der Waals surface area contributed by atoms with Gasteiger partial charge in [0.25, 0.3) is 0 Å². The molecule has 3 nitrogen and oxygen atoms in total. The number of hydrogen-bond donors (Lipinski definition) is 1. The van der Waals surface area contributed by atoms with Crippen molar-refractivity contribution in [2.24, 2.45) is 0 Å². The fraction of sp³-hybridized carbons (Fsp3) is 0.235. The molecule has 0 spiro atoms. The van der Waals surface area contributed by atoms with Crippen LogP contribution in [0.3, 0.4) is 0 Å². The molecule has 0 fully saturated rings. The lowest BCUT2D eigenvalue weighted by molar-refractivity contribution is -0.146. The van der Waals surface area contributed by atoms with Crippen molar-refractivity contribution in [1.82, 2.24) is 0 Å². The summed E-state index contributed by atoms with van der Waals surface area (Å²) in [5, 5.41) is 3.34. The molecular formula is C17H18BrNO2. The van der Waals surface area contributed by atoms with E-state index in [1.807, 2.05) is 61.5 Å². The lowest BCUT2D eigenvalue weighted by Crippen LogP contribution is -2.43. The highest BCUT2D eigenvalue weighted by atomic mass is 79.9. The molecule has 4 heteroatoms. The van der Waals surface area contributed by atoms with E-state index < -0.39 is 5.54 Å². The summed E-state index contributed by atoms with van der Waals surface area (Å²) < 4.78 is 6.04. The molecule has 0 aliphatic rings. The van der Waals surface area contributed by atoms with E-state index in [4.69, 9.17) is 4.74 Å². The maximum atomic E-state index is 12.4. The Labute approximate surface area is 133 Å². The fourth-order valence-corrected chi connectivity index (χ4v) is 2.62. The first-order chi connectivity index (χ1) is 10.1. The van der Waals surface area contributed by atoms with Crippen molar-refractivity contribution < 1.29 is 9.53 Å². The van der Waals surface area contributed by atoms with Crippen LogP contribution >= 0.6 is 15.9 Å². The molecule has 0 amide bonds. The van der Waals surface area contributed by atoms with Crippen LogP contribution in [0.1, 0.15) is 18.9 Å². The molecule has 0 heterocycles. The molecule has 0 aromatic heterocycles. The third kappa shape index (κ3) is 3.27. The van der Waals surface area contributed by atoms with Crippen molar-refractivity contribution in [3.63, 3.8) is 0 Å². The predicted octanol–water partition coefficient (Wildman–Crippen LogP) is 4.34. The molecule has 2 aromatic rings. The molecule has 1 atom stereocenters. The first kappa shape index (κ1) is 15.6. The van der Waals surface area contributed by atoms with Crippen LogP contribution in [0.4, 0.5) is 5.69 Å². The SMILES string of the molecule is CCC(Nc1ccc(Br)cc1)(C(=O)OC)c1ccccc1. The average Bonchev–Trinajstić information content (AvgIpc) is 2.54. The van der Waals surface area contributed by atoms with Gasteiger partial charge < -0.3 is 10.1 Å². The van der Waals surface area contributed by atoms with Crippen molar-refractivity contribution in [3.8, 4) is 0 Å². The number of halogens is 1. The Morgan fingerprint density at radius 3 is 2.29 bits per heavy atom. The summed E-state index contributed by atoms with van der Waals surface area (Å²) in [5.74, 6) is -0.292. The number of benzene rings is 2. The third-order valence-electron chi connectivity index (χ3n) is 3.53. The van der Waals surface area contributed by atoms with E-state index in [0.29, 0.717) is 6.42 Å². The van der Waals surface area contributed by atoms with Crippen molar-refractivity contribution in [1.29, 1.82) is 0 Å². The Bertz CT molecular complexity index is 598. The van der Waals surface area contributed by atoms with Gasteiger partial charge >= 0.3 is 5.97 Å². The molecule has 0 saturated carbocycles. The van der Waals surface area contributed by atoms with Gasteiger partial charge in [-0.05, 0) is 36.2 Å². The number of rotatable bonds is 5. The predicted molar refractivity (Wildman–Crippen MR) is 88.2 cm³/mol. The van der Waals surface area contributed by atoms with Crippen molar-refractivity contribution in [2.45, 2.75) is 18.9 Å². The standard InChI is InChI=1S/C17H18BrNO2/c1-3-17(16(20)21-2,13-7-5-4-6-8-13)19-15-11-9-14(18)10-12-15/h4-12,19H,3H2,1-2H3. The van der Waals surface area contributed by atoms with Gasteiger partial charge in [0.15, 0.2) is 5.54 Å². The van der Waals surface area contributed by atoms with Crippen LogP contribution in [-0.4, -0.2) is 13.1 Å². The van der Waals surface area contributed by atoms with Crippen LogP contribution in [0.25, 0.3) is 0 Å². The maximum Gasteiger partial charge on any atom is 0.336 e. The molecule has 0 aliphatic heterocycles. The molecule has 2 aromatic carbocycles. The van der Waals surface area contributed by atoms with E-state index >= 15 is 0 Å². The number of anilines is 1. The minimum Gasteiger partial charge on any atom is -0.467 e. The Kier molecular flexibility index (Phi) is 5.02. The summed E-state index contributed by atoms with van der Waals surface area (Å²) in [4.78, 5) is 12.4. The van der Waals surface area contributed by atoms with Gasteiger partial charge in [-0.1, -0.05) is 53.2 Å². The second-order valence-electron chi connectivity index (χ2n) is 4.75. The first-order valence-electron chi connectivity index (χ1n) is 6.80. The number of carbonyl (C=O) groups is 1. The molecule has 1 unspecified atom stereocenters. The largest absolute Gasteiger partial charge is 0.467 e. The zero-order chi connectivity index (χ0) is 15.3. The van der Waals surface area contributed by atoms with Gasteiger partial charge in [-0.15, -0.1) is 0 Å². The third-order valence-corrected chi connectivity index (χ3v) is 4.06. The number of methoxy groups -OCH3 is 1. The smallest absolute Gasteiger partial charge is 0.336 e. The van der Waals surface area contributed by atoms with E-state index in [1.54, 1.807) is 0 Å². The van der Waals surface area contributed by atoms with Gasteiger partial charge in [0.1, 0.15) is 0 Å². The van der Waals surface area contributed by atoms with Crippen LogP contribution in [0.15, 0.2) is 59.1 Å². The highest BCUT2D eigenvalue weighted by molar-refractivity contribution is 9.10. The van der Waals surface area contributed by atoms with Crippen LogP contribution in [-0.2, 0) is 15.1 Å². The average molecular weight is 348 g/mol. The summed E-state index contributed by atoms with van der Waals surface area (Å²) in [7, 11) is 1.42. The van der Waals surface area contributed by atoms with E-state index in [-0.39, 0.29) is 5.97 Å².